The Bertz CT molecular complexity index is 583. The van der Waals surface area contributed by atoms with E-state index in [4.69, 9.17) is 0 Å². The van der Waals surface area contributed by atoms with Gasteiger partial charge in [0.1, 0.15) is 0 Å². The molecule has 11 heteroatoms. The highest BCUT2D eigenvalue weighted by Gasteiger charge is 2.46. The molecule has 2 heterocycles. The summed E-state index contributed by atoms with van der Waals surface area (Å²) >= 11 is 0. The first-order valence-electron chi connectivity index (χ1n) is 7.15. The number of para-hydroxylation sites is 1. The Morgan fingerprint density at radius 1 is 1.12 bits per heavy atom. The van der Waals surface area contributed by atoms with Gasteiger partial charge in [0.05, 0.1) is 6.42 Å². The number of benzene rings is 1. The van der Waals surface area contributed by atoms with Crippen molar-refractivity contribution in [2.24, 2.45) is 0 Å². The zero-order chi connectivity index (χ0) is 16.7. The van der Waals surface area contributed by atoms with Crippen molar-refractivity contribution in [3.8, 4) is 11.5 Å². The molecule has 2 aliphatic rings. The first-order valence-corrected chi connectivity index (χ1v) is 7.15. The van der Waals surface area contributed by atoms with Crippen LogP contribution >= 0.6 is 24.8 Å². The van der Waals surface area contributed by atoms with Gasteiger partial charge in [0.25, 0.3) is 0 Å². The van der Waals surface area contributed by atoms with E-state index in [1.807, 2.05) is 0 Å². The summed E-state index contributed by atoms with van der Waals surface area (Å²) in [5.74, 6) is -0.555. The maximum Gasteiger partial charge on any atom is 0.586 e. The van der Waals surface area contributed by atoms with Gasteiger partial charge in [0.2, 0.25) is 0 Å². The number of hydrogen-bond acceptors (Lipinski definition) is 4. The highest BCUT2D eigenvalue weighted by Crippen LogP contribution is 2.48. The lowest BCUT2D eigenvalue weighted by Gasteiger charge is -2.35. The zero-order valence-electron chi connectivity index (χ0n) is 12.8. The van der Waals surface area contributed by atoms with Crippen LogP contribution in [0.3, 0.4) is 0 Å². The van der Waals surface area contributed by atoms with Crippen molar-refractivity contribution in [1.82, 2.24) is 10.2 Å². The van der Waals surface area contributed by atoms with E-state index in [0.29, 0.717) is 26.2 Å². The van der Waals surface area contributed by atoms with E-state index in [1.54, 1.807) is 4.90 Å². The largest absolute Gasteiger partial charge is 0.586 e. The van der Waals surface area contributed by atoms with Crippen LogP contribution in [0.1, 0.15) is 18.0 Å². The highest BCUT2D eigenvalue weighted by molar-refractivity contribution is 5.85. The Hall–Kier alpha value is -1.03. The summed E-state index contributed by atoms with van der Waals surface area (Å²) in [5.41, 5.74) is 0.0684. The summed E-state index contributed by atoms with van der Waals surface area (Å²) in [5, 5.41) is 3.05. The third kappa shape index (κ3) is 5.22. The molecule has 1 aromatic carbocycles. The lowest BCUT2D eigenvalue weighted by Crippen LogP contribution is -2.46. The Balaban J connectivity index is 0.00000156. The quantitative estimate of drug-likeness (QED) is 0.769. The monoisotopic (exact) mass is 410 g/mol. The molecule has 1 fully saturated rings. The van der Waals surface area contributed by atoms with Crippen LogP contribution in [0.5, 0.6) is 11.5 Å². The summed E-state index contributed by atoms with van der Waals surface area (Å²) in [6.07, 6.45) is -9.43. The van der Waals surface area contributed by atoms with E-state index in [0.717, 1.165) is 0 Å². The minimum absolute atomic E-state index is 0. The number of fused-ring (bicyclic) bond motifs is 1. The Labute approximate surface area is 153 Å². The minimum atomic E-state index is -4.43. The van der Waals surface area contributed by atoms with E-state index >= 15 is 0 Å². The summed E-state index contributed by atoms with van der Waals surface area (Å²) in [4.78, 5) is 1.62. The molecule has 1 aromatic rings. The van der Waals surface area contributed by atoms with Gasteiger partial charge >= 0.3 is 12.5 Å². The molecule has 0 radical (unpaired) electrons. The van der Waals surface area contributed by atoms with Crippen LogP contribution in [-0.2, 0) is 0 Å². The molecule has 4 nitrogen and oxygen atoms in total. The summed E-state index contributed by atoms with van der Waals surface area (Å²) < 4.78 is 74.3. The van der Waals surface area contributed by atoms with E-state index in [9.17, 15) is 22.0 Å². The van der Waals surface area contributed by atoms with Crippen molar-refractivity contribution in [1.29, 1.82) is 0 Å². The van der Waals surface area contributed by atoms with Crippen LogP contribution in [0.4, 0.5) is 22.0 Å². The van der Waals surface area contributed by atoms with E-state index in [2.05, 4.69) is 14.8 Å². The Morgan fingerprint density at radius 3 is 2.36 bits per heavy atom. The van der Waals surface area contributed by atoms with Crippen LogP contribution in [0.2, 0.25) is 0 Å². The predicted molar refractivity (Wildman–Crippen MR) is 85.0 cm³/mol. The Morgan fingerprint density at radius 2 is 1.76 bits per heavy atom. The average Bonchev–Trinajstić information content (AvgIpc) is 2.78. The van der Waals surface area contributed by atoms with Gasteiger partial charge in [-0.25, -0.2) is 0 Å². The zero-order valence-corrected chi connectivity index (χ0v) is 14.4. The van der Waals surface area contributed by atoms with Gasteiger partial charge in [-0.3, -0.25) is 4.90 Å². The van der Waals surface area contributed by atoms with Crippen LogP contribution in [0.15, 0.2) is 18.2 Å². The number of nitrogens with one attached hydrogen (secondary N) is 1. The number of piperazine rings is 1. The smallest absolute Gasteiger partial charge is 0.395 e. The number of halogens is 7. The van der Waals surface area contributed by atoms with Crippen LogP contribution < -0.4 is 14.8 Å². The Kier molecular flexibility index (Phi) is 7.14. The fourth-order valence-corrected chi connectivity index (χ4v) is 2.90. The normalized spacial score (nSPS) is 20.4. The van der Waals surface area contributed by atoms with Gasteiger partial charge in [-0.05, 0) is 6.07 Å². The summed E-state index contributed by atoms with van der Waals surface area (Å²) in [7, 11) is 0. The van der Waals surface area contributed by atoms with Crippen molar-refractivity contribution in [2.45, 2.75) is 24.9 Å². The van der Waals surface area contributed by atoms with Crippen molar-refractivity contribution in [2.75, 3.05) is 26.2 Å². The highest BCUT2D eigenvalue weighted by atomic mass is 35.5. The first kappa shape index (κ1) is 22.0. The molecular weight excluding hydrogens is 394 g/mol. The maximum atomic E-state index is 13.3. The van der Waals surface area contributed by atoms with Gasteiger partial charge < -0.3 is 14.8 Å². The third-order valence-corrected chi connectivity index (χ3v) is 3.84. The number of nitrogens with zero attached hydrogens (tertiary/aromatic N) is 1. The summed E-state index contributed by atoms with van der Waals surface area (Å²) in [6, 6.07) is 2.93. The number of ether oxygens (including phenoxy) is 2. The molecule has 0 aliphatic carbocycles. The van der Waals surface area contributed by atoms with Gasteiger partial charge in [-0.1, -0.05) is 12.1 Å². The second kappa shape index (κ2) is 8.11. The van der Waals surface area contributed by atoms with Crippen molar-refractivity contribution in [3.05, 3.63) is 23.8 Å². The average molecular weight is 411 g/mol. The molecule has 0 spiro atoms. The van der Waals surface area contributed by atoms with E-state index < -0.39 is 24.9 Å². The molecule has 144 valence electrons. The van der Waals surface area contributed by atoms with E-state index in [-0.39, 0.29) is 41.9 Å². The molecule has 2 aliphatic heterocycles. The summed E-state index contributed by atoms with van der Waals surface area (Å²) in [6.45, 7) is 1.86. The molecule has 0 amide bonds. The lowest BCUT2D eigenvalue weighted by atomic mass is 9.99. The molecule has 0 unspecified atom stereocenters. The van der Waals surface area contributed by atoms with Gasteiger partial charge in [-0.2, -0.15) is 13.2 Å². The third-order valence-electron chi connectivity index (χ3n) is 3.84. The van der Waals surface area contributed by atoms with Crippen LogP contribution in [-0.4, -0.2) is 43.5 Å². The topological polar surface area (TPSA) is 33.7 Å². The van der Waals surface area contributed by atoms with Crippen molar-refractivity contribution < 1.29 is 31.4 Å². The molecular formula is C14H17Cl2F5N2O2. The number of alkyl halides is 5. The van der Waals surface area contributed by atoms with E-state index in [1.165, 1.54) is 18.2 Å². The lowest BCUT2D eigenvalue weighted by molar-refractivity contribution is -0.287. The molecule has 3 rings (SSSR count). The van der Waals surface area contributed by atoms with Gasteiger partial charge in [0.15, 0.2) is 11.5 Å². The second-order valence-corrected chi connectivity index (χ2v) is 5.46. The number of hydrogen-bond donors (Lipinski definition) is 1. The fourth-order valence-electron chi connectivity index (χ4n) is 2.90. The fraction of sp³-hybridized carbons (Fsp3) is 0.571. The molecule has 0 bridgehead atoms. The number of rotatable bonds is 3. The van der Waals surface area contributed by atoms with Crippen LogP contribution in [0.25, 0.3) is 0 Å². The molecule has 0 saturated carbocycles. The predicted octanol–water partition coefficient (Wildman–Crippen LogP) is 3.75. The standard InChI is InChI=1S/C14H15F5N2O2.2ClH/c15-13(16,17)8-10(21-6-4-20-5-7-21)9-2-1-3-11-12(9)23-14(18,19)22-11;;/h1-3,10,20H,4-8H2;2*1H/t10-;;/m0../s1. The first-order chi connectivity index (χ1) is 10.8. The maximum absolute atomic E-state index is 13.3. The van der Waals surface area contributed by atoms with Crippen molar-refractivity contribution >= 4 is 24.8 Å². The molecule has 1 atom stereocenters. The minimum Gasteiger partial charge on any atom is -0.395 e. The van der Waals surface area contributed by atoms with Gasteiger partial charge in [-0.15, -0.1) is 33.6 Å². The molecule has 1 N–H and O–H groups in total. The van der Waals surface area contributed by atoms with Crippen molar-refractivity contribution in [3.63, 3.8) is 0 Å². The molecule has 1 saturated heterocycles. The molecule has 0 aromatic heterocycles. The second-order valence-electron chi connectivity index (χ2n) is 5.46. The van der Waals surface area contributed by atoms with Gasteiger partial charge in [0, 0.05) is 37.8 Å². The van der Waals surface area contributed by atoms with Crippen LogP contribution in [0, 0.1) is 0 Å². The SMILES string of the molecule is Cl.Cl.FC(F)(F)C[C@@H](c1cccc2c1OC(F)(F)O2)N1CCNCC1. The molecule has 25 heavy (non-hydrogen) atoms.